The quantitative estimate of drug-likeness (QED) is 0.786. The number of hydrogen-bond acceptors (Lipinski definition) is 4. The molecule has 1 aliphatic carbocycles. The summed E-state index contributed by atoms with van der Waals surface area (Å²) in [7, 11) is 0. The monoisotopic (exact) mass is 295 g/mol. The van der Waals surface area contributed by atoms with Gasteiger partial charge < -0.3 is 14.6 Å². The second kappa shape index (κ2) is 7.60. The van der Waals surface area contributed by atoms with Gasteiger partial charge in [-0.05, 0) is 39.5 Å². The molecule has 3 atom stereocenters. The standard InChI is InChI=1S/C17H29NO3/c1-4-17(8-6-5-7-9-17)20-13-16(19)12-18-10-14(2)21-15(3)11-18/h1,14-16,19H,5-13H2,2-3H3. The van der Waals surface area contributed by atoms with Crippen LogP contribution in [0.4, 0.5) is 0 Å². The summed E-state index contributed by atoms with van der Waals surface area (Å²) in [5.74, 6) is 2.82. The van der Waals surface area contributed by atoms with E-state index in [0.29, 0.717) is 13.2 Å². The zero-order valence-electron chi connectivity index (χ0n) is 13.4. The van der Waals surface area contributed by atoms with Crippen molar-refractivity contribution in [3.05, 3.63) is 0 Å². The van der Waals surface area contributed by atoms with Crippen LogP contribution in [0.25, 0.3) is 0 Å². The van der Waals surface area contributed by atoms with Crippen LogP contribution >= 0.6 is 0 Å². The maximum absolute atomic E-state index is 10.2. The molecule has 2 aliphatic rings. The Bertz CT molecular complexity index is 350. The van der Waals surface area contributed by atoms with E-state index in [2.05, 4.69) is 24.7 Å². The average Bonchev–Trinajstić information content (AvgIpc) is 2.45. The second-order valence-corrected chi connectivity index (χ2v) is 6.64. The number of aliphatic hydroxyl groups is 1. The molecule has 4 nitrogen and oxygen atoms in total. The van der Waals surface area contributed by atoms with Crippen LogP contribution < -0.4 is 0 Å². The number of terminal acetylenes is 1. The molecule has 0 aromatic carbocycles. The molecule has 3 unspecified atom stereocenters. The maximum Gasteiger partial charge on any atom is 0.128 e. The summed E-state index contributed by atoms with van der Waals surface area (Å²) in [6, 6.07) is 0. The Labute approximate surface area is 128 Å². The molecular weight excluding hydrogens is 266 g/mol. The first-order valence-corrected chi connectivity index (χ1v) is 8.20. The van der Waals surface area contributed by atoms with Gasteiger partial charge in [-0.15, -0.1) is 6.42 Å². The van der Waals surface area contributed by atoms with Crippen LogP contribution in [0, 0.1) is 12.3 Å². The zero-order valence-corrected chi connectivity index (χ0v) is 13.4. The van der Waals surface area contributed by atoms with Crippen LogP contribution in [-0.2, 0) is 9.47 Å². The first-order chi connectivity index (χ1) is 10.0. The number of ether oxygens (including phenoxy) is 2. The lowest BCUT2D eigenvalue weighted by Gasteiger charge is -2.37. The molecule has 1 N–H and O–H groups in total. The van der Waals surface area contributed by atoms with E-state index in [4.69, 9.17) is 15.9 Å². The summed E-state index contributed by atoms with van der Waals surface area (Å²) in [5.41, 5.74) is -0.440. The molecule has 1 saturated heterocycles. The SMILES string of the molecule is C#CC1(OCC(O)CN2CC(C)OC(C)C2)CCCCC1. The van der Waals surface area contributed by atoms with Gasteiger partial charge in [0.05, 0.1) is 24.9 Å². The average molecular weight is 295 g/mol. The maximum atomic E-state index is 10.2. The van der Waals surface area contributed by atoms with Gasteiger partial charge in [0.15, 0.2) is 0 Å². The predicted octanol–water partition coefficient (Wildman–Crippen LogP) is 1.81. The Balaban J connectivity index is 1.76. The van der Waals surface area contributed by atoms with Crippen LogP contribution in [0.2, 0.25) is 0 Å². The predicted molar refractivity (Wildman–Crippen MR) is 83.1 cm³/mol. The van der Waals surface area contributed by atoms with Crippen LogP contribution in [-0.4, -0.2) is 60.2 Å². The molecule has 21 heavy (non-hydrogen) atoms. The summed E-state index contributed by atoms with van der Waals surface area (Å²) in [6.07, 6.45) is 10.9. The number of β-amino-alcohol motifs (C(OH)–C–C–N with tert-alkyl or cyclic N) is 1. The van der Waals surface area contributed by atoms with E-state index in [-0.39, 0.29) is 12.2 Å². The lowest BCUT2D eigenvalue weighted by Crippen LogP contribution is -2.49. The van der Waals surface area contributed by atoms with Gasteiger partial charge in [-0.2, -0.15) is 0 Å². The van der Waals surface area contributed by atoms with E-state index >= 15 is 0 Å². The molecule has 4 heteroatoms. The van der Waals surface area contributed by atoms with Crippen molar-refractivity contribution in [2.75, 3.05) is 26.2 Å². The van der Waals surface area contributed by atoms with E-state index in [9.17, 15) is 5.11 Å². The minimum absolute atomic E-state index is 0.220. The normalized spacial score (nSPS) is 31.5. The number of hydrogen-bond donors (Lipinski definition) is 1. The molecule has 0 spiro atoms. The van der Waals surface area contributed by atoms with Crippen molar-refractivity contribution in [3.8, 4) is 12.3 Å². The Morgan fingerprint density at radius 1 is 1.29 bits per heavy atom. The van der Waals surface area contributed by atoms with Crippen LogP contribution in [0.3, 0.4) is 0 Å². The number of aliphatic hydroxyl groups excluding tert-OH is 1. The third-order valence-corrected chi connectivity index (χ3v) is 4.44. The topological polar surface area (TPSA) is 41.9 Å². The lowest BCUT2D eigenvalue weighted by molar-refractivity contribution is -0.0969. The van der Waals surface area contributed by atoms with Crippen LogP contribution in [0.5, 0.6) is 0 Å². The molecule has 0 aromatic heterocycles. The summed E-state index contributed by atoms with van der Waals surface area (Å²) >= 11 is 0. The molecule has 0 amide bonds. The zero-order chi connectivity index (χ0) is 15.3. The van der Waals surface area contributed by atoms with Gasteiger partial charge in [-0.25, -0.2) is 0 Å². The Morgan fingerprint density at radius 3 is 2.48 bits per heavy atom. The van der Waals surface area contributed by atoms with E-state index < -0.39 is 11.7 Å². The summed E-state index contributed by atoms with van der Waals surface area (Å²) in [6.45, 7) is 6.81. The van der Waals surface area contributed by atoms with Crippen molar-refractivity contribution in [1.82, 2.24) is 4.90 Å². The number of nitrogens with zero attached hydrogens (tertiary/aromatic N) is 1. The molecule has 1 heterocycles. The van der Waals surface area contributed by atoms with Crippen LogP contribution in [0.15, 0.2) is 0 Å². The highest BCUT2D eigenvalue weighted by molar-refractivity contribution is 5.09. The first-order valence-electron chi connectivity index (χ1n) is 8.20. The van der Waals surface area contributed by atoms with Gasteiger partial charge in [0.25, 0.3) is 0 Å². The minimum Gasteiger partial charge on any atom is -0.389 e. The minimum atomic E-state index is -0.491. The van der Waals surface area contributed by atoms with Gasteiger partial charge in [0.2, 0.25) is 0 Å². The van der Waals surface area contributed by atoms with Crippen molar-refractivity contribution in [2.45, 2.75) is 69.9 Å². The van der Waals surface area contributed by atoms with E-state index in [1.165, 1.54) is 6.42 Å². The van der Waals surface area contributed by atoms with E-state index in [0.717, 1.165) is 38.8 Å². The highest BCUT2D eigenvalue weighted by Crippen LogP contribution is 2.31. The Hall–Kier alpha value is -0.600. The lowest BCUT2D eigenvalue weighted by atomic mass is 9.85. The van der Waals surface area contributed by atoms with E-state index in [1.54, 1.807) is 0 Å². The second-order valence-electron chi connectivity index (χ2n) is 6.64. The molecule has 1 saturated carbocycles. The third-order valence-electron chi connectivity index (χ3n) is 4.44. The Morgan fingerprint density at radius 2 is 1.90 bits per heavy atom. The van der Waals surface area contributed by atoms with Crippen molar-refractivity contribution in [3.63, 3.8) is 0 Å². The van der Waals surface area contributed by atoms with Crippen molar-refractivity contribution < 1.29 is 14.6 Å². The van der Waals surface area contributed by atoms with Crippen LogP contribution in [0.1, 0.15) is 46.0 Å². The third kappa shape index (κ3) is 4.96. The molecule has 1 aliphatic heterocycles. The Kier molecular flexibility index (Phi) is 6.07. The fraction of sp³-hybridized carbons (Fsp3) is 0.882. The van der Waals surface area contributed by atoms with Crippen molar-refractivity contribution >= 4 is 0 Å². The fourth-order valence-corrected chi connectivity index (χ4v) is 3.49. The highest BCUT2D eigenvalue weighted by Gasteiger charge is 2.32. The first kappa shape index (κ1) is 16.8. The molecule has 2 rings (SSSR count). The molecule has 0 aromatic rings. The van der Waals surface area contributed by atoms with Gasteiger partial charge in [0, 0.05) is 19.6 Å². The van der Waals surface area contributed by atoms with Crippen molar-refractivity contribution in [2.24, 2.45) is 0 Å². The molecule has 0 radical (unpaired) electrons. The summed E-state index contributed by atoms with van der Waals surface area (Å²) in [5, 5.41) is 10.2. The smallest absolute Gasteiger partial charge is 0.128 e. The van der Waals surface area contributed by atoms with Gasteiger partial charge in [-0.1, -0.05) is 12.3 Å². The highest BCUT2D eigenvalue weighted by atomic mass is 16.5. The summed E-state index contributed by atoms with van der Waals surface area (Å²) < 4.78 is 11.6. The molecular formula is C17H29NO3. The number of morpholine rings is 1. The van der Waals surface area contributed by atoms with Gasteiger partial charge >= 0.3 is 0 Å². The number of rotatable bonds is 5. The molecule has 120 valence electrons. The molecule has 0 bridgehead atoms. The molecule has 2 fully saturated rings. The van der Waals surface area contributed by atoms with Gasteiger partial charge in [0.1, 0.15) is 5.60 Å². The fourth-order valence-electron chi connectivity index (χ4n) is 3.49. The van der Waals surface area contributed by atoms with E-state index in [1.807, 2.05) is 0 Å². The summed E-state index contributed by atoms with van der Waals surface area (Å²) in [4.78, 5) is 2.25. The largest absolute Gasteiger partial charge is 0.389 e. The van der Waals surface area contributed by atoms with Gasteiger partial charge in [-0.3, -0.25) is 4.90 Å². The van der Waals surface area contributed by atoms with Crippen molar-refractivity contribution in [1.29, 1.82) is 0 Å².